The Morgan fingerprint density at radius 3 is 2.38 bits per heavy atom. The summed E-state index contributed by atoms with van der Waals surface area (Å²) in [5, 5.41) is 6.05. The SMILES string of the molecule is CCOc1ccc(N2C[C@H](NC(=O)NC3CCCCCC3)CC2=O)cc1. The average molecular weight is 359 g/mol. The molecule has 1 saturated heterocycles. The van der Waals surface area contributed by atoms with E-state index in [2.05, 4.69) is 10.6 Å². The van der Waals surface area contributed by atoms with E-state index in [9.17, 15) is 9.59 Å². The molecular weight excluding hydrogens is 330 g/mol. The van der Waals surface area contributed by atoms with Crippen LogP contribution in [0.15, 0.2) is 24.3 Å². The van der Waals surface area contributed by atoms with Crippen molar-refractivity contribution >= 4 is 17.6 Å². The standard InChI is InChI=1S/C20H29N3O3/c1-2-26-18-11-9-17(10-12-18)23-14-16(13-19(23)24)22-20(25)21-15-7-5-3-4-6-8-15/h9-12,15-16H,2-8,13-14H2,1H3,(H2,21,22,25)/t16-/m1/s1. The second-order valence-electron chi connectivity index (χ2n) is 7.14. The van der Waals surface area contributed by atoms with Crippen LogP contribution in [-0.4, -0.2) is 37.2 Å². The molecule has 1 aliphatic heterocycles. The lowest BCUT2D eigenvalue weighted by Gasteiger charge is -2.20. The Morgan fingerprint density at radius 2 is 1.73 bits per heavy atom. The first-order chi connectivity index (χ1) is 12.7. The molecule has 2 fully saturated rings. The van der Waals surface area contributed by atoms with Gasteiger partial charge in [-0.1, -0.05) is 25.7 Å². The third-order valence-corrected chi connectivity index (χ3v) is 5.11. The fraction of sp³-hybridized carbons (Fsp3) is 0.600. The molecule has 1 saturated carbocycles. The summed E-state index contributed by atoms with van der Waals surface area (Å²) in [6.07, 6.45) is 7.31. The van der Waals surface area contributed by atoms with Gasteiger partial charge in [0.25, 0.3) is 0 Å². The molecule has 3 amide bonds. The fourth-order valence-electron chi connectivity index (χ4n) is 3.78. The summed E-state index contributed by atoms with van der Waals surface area (Å²) in [5.41, 5.74) is 0.840. The highest BCUT2D eigenvalue weighted by Gasteiger charge is 2.32. The van der Waals surface area contributed by atoms with Crippen molar-refractivity contribution in [2.45, 2.75) is 64.0 Å². The van der Waals surface area contributed by atoms with Crippen LogP contribution in [0.5, 0.6) is 5.75 Å². The summed E-state index contributed by atoms with van der Waals surface area (Å²) in [6, 6.07) is 7.46. The second kappa shape index (κ2) is 8.92. The monoisotopic (exact) mass is 359 g/mol. The summed E-state index contributed by atoms with van der Waals surface area (Å²) in [4.78, 5) is 26.3. The van der Waals surface area contributed by atoms with Crippen LogP contribution in [0.1, 0.15) is 51.9 Å². The van der Waals surface area contributed by atoms with Crippen LogP contribution < -0.4 is 20.3 Å². The maximum atomic E-state index is 12.3. The van der Waals surface area contributed by atoms with Crippen LogP contribution in [0.2, 0.25) is 0 Å². The fourth-order valence-corrected chi connectivity index (χ4v) is 3.78. The van der Waals surface area contributed by atoms with Gasteiger partial charge in [-0.25, -0.2) is 4.79 Å². The Morgan fingerprint density at radius 1 is 1.08 bits per heavy atom. The molecule has 26 heavy (non-hydrogen) atoms. The molecule has 6 nitrogen and oxygen atoms in total. The van der Waals surface area contributed by atoms with Gasteiger partial charge < -0.3 is 20.3 Å². The van der Waals surface area contributed by atoms with E-state index in [1.807, 2.05) is 31.2 Å². The quantitative estimate of drug-likeness (QED) is 0.793. The van der Waals surface area contributed by atoms with Crippen molar-refractivity contribution in [3.8, 4) is 5.75 Å². The number of carbonyl (C=O) groups is 2. The van der Waals surface area contributed by atoms with Crippen molar-refractivity contribution in [2.24, 2.45) is 0 Å². The maximum absolute atomic E-state index is 12.3. The lowest BCUT2D eigenvalue weighted by molar-refractivity contribution is -0.117. The molecule has 1 aliphatic carbocycles. The Hall–Kier alpha value is -2.24. The lowest BCUT2D eigenvalue weighted by Crippen LogP contribution is -2.47. The van der Waals surface area contributed by atoms with Crippen LogP contribution in [0.4, 0.5) is 10.5 Å². The molecule has 0 radical (unpaired) electrons. The molecule has 1 atom stereocenters. The predicted octanol–water partition coefficient (Wildman–Crippen LogP) is 3.21. The van der Waals surface area contributed by atoms with E-state index in [1.165, 1.54) is 25.7 Å². The Labute approximate surface area is 155 Å². The molecule has 2 N–H and O–H groups in total. The summed E-state index contributed by atoms with van der Waals surface area (Å²) in [5.74, 6) is 0.828. The molecule has 1 aromatic rings. The third kappa shape index (κ3) is 4.90. The molecular formula is C20H29N3O3. The minimum absolute atomic E-state index is 0.0360. The summed E-state index contributed by atoms with van der Waals surface area (Å²) in [7, 11) is 0. The van der Waals surface area contributed by atoms with Gasteiger partial charge in [0, 0.05) is 24.7 Å². The Balaban J connectivity index is 1.51. The molecule has 142 valence electrons. The maximum Gasteiger partial charge on any atom is 0.315 e. The first-order valence-corrected chi connectivity index (χ1v) is 9.76. The number of carbonyl (C=O) groups excluding carboxylic acids is 2. The van der Waals surface area contributed by atoms with Gasteiger partial charge in [-0.3, -0.25) is 4.79 Å². The Kier molecular flexibility index (Phi) is 6.36. The van der Waals surface area contributed by atoms with Gasteiger partial charge >= 0.3 is 6.03 Å². The minimum Gasteiger partial charge on any atom is -0.494 e. The van der Waals surface area contributed by atoms with Gasteiger partial charge in [-0.2, -0.15) is 0 Å². The molecule has 1 heterocycles. The van der Waals surface area contributed by atoms with Crippen LogP contribution in [0.25, 0.3) is 0 Å². The minimum atomic E-state index is -0.153. The molecule has 0 spiro atoms. The number of amides is 3. The molecule has 3 rings (SSSR count). The first-order valence-electron chi connectivity index (χ1n) is 9.76. The highest BCUT2D eigenvalue weighted by atomic mass is 16.5. The summed E-state index contributed by atoms with van der Waals surface area (Å²) in [6.45, 7) is 3.06. The highest BCUT2D eigenvalue weighted by Crippen LogP contribution is 2.24. The number of hydrogen-bond acceptors (Lipinski definition) is 3. The molecule has 6 heteroatoms. The van der Waals surface area contributed by atoms with Crippen LogP contribution in [-0.2, 0) is 4.79 Å². The number of hydrogen-bond donors (Lipinski definition) is 2. The second-order valence-corrected chi connectivity index (χ2v) is 7.14. The van der Waals surface area contributed by atoms with Crippen LogP contribution >= 0.6 is 0 Å². The normalized spacial score (nSPS) is 21.3. The number of anilines is 1. The largest absolute Gasteiger partial charge is 0.494 e. The topological polar surface area (TPSA) is 70.7 Å². The zero-order chi connectivity index (χ0) is 18.4. The molecule has 1 aromatic carbocycles. The predicted molar refractivity (Wildman–Crippen MR) is 102 cm³/mol. The number of ether oxygens (including phenoxy) is 1. The van der Waals surface area contributed by atoms with Crippen molar-refractivity contribution < 1.29 is 14.3 Å². The summed E-state index contributed by atoms with van der Waals surface area (Å²) < 4.78 is 5.44. The lowest BCUT2D eigenvalue weighted by atomic mass is 10.1. The number of urea groups is 1. The van der Waals surface area contributed by atoms with Gasteiger partial charge in [0.1, 0.15) is 5.75 Å². The molecule has 2 aliphatic rings. The third-order valence-electron chi connectivity index (χ3n) is 5.11. The van der Waals surface area contributed by atoms with Crippen molar-refractivity contribution in [3.05, 3.63) is 24.3 Å². The van der Waals surface area contributed by atoms with Crippen molar-refractivity contribution in [3.63, 3.8) is 0 Å². The first kappa shape index (κ1) is 18.5. The van der Waals surface area contributed by atoms with Crippen LogP contribution in [0, 0.1) is 0 Å². The van der Waals surface area contributed by atoms with Gasteiger partial charge in [0.15, 0.2) is 0 Å². The van der Waals surface area contributed by atoms with Gasteiger partial charge in [0.2, 0.25) is 5.91 Å². The van der Waals surface area contributed by atoms with E-state index in [0.29, 0.717) is 19.6 Å². The van der Waals surface area contributed by atoms with Crippen molar-refractivity contribution in [2.75, 3.05) is 18.1 Å². The van der Waals surface area contributed by atoms with Gasteiger partial charge in [0.05, 0.1) is 12.6 Å². The number of rotatable bonds is 5. The highest BCUT2D eigenvalue weighted by molar-refractivity contribution is 5.96. The summed E-state index contributed by atoms with van der Waals surface area (Å²) >= 11 is 0. The molecule has 0 unspecified atom stereocenters. The molecule has 0 bridgehead atoms. The average Bonchev–Trinajstić information content (AvgIpc) is 2.82. The van der Waals surface area contributed by atoms with Crippen LogP contribution in [0.3, 0.4) is 0 Å². The van der Waals surface area contributed by atoms with Gasteiger partial charge in [-0.05, 0) is 44.0 Å². The van der Waals surface area contributed by atoms with E-state index in [4.69, 9.17) is 4.74 Å². The van der Waals surface area contributed by atoms with Crippen molar-refractivity contribution in [1.29, 1.82) is 0 Å². The number of nitrogens with zero attached hydrogens (tertiary/aromatic N) is 1. The van der Waals surface area contributed by atoms with Crippen molar-refractivity contribution in [1.82, 2.24) is 10.6 Å². The van der Waals surface area contributed by atoms with E-state index >= 15 is 0 Å². The van der Waals surface area contributed by atoms with E-state index < -0.39 is 0 Å². The number of nitrogens with one attached hydrogen (secondary N) is 2. The van der Waals surface area contributed by atoms with E-state index in [1.54, 1.807) is 4.90 Å². The van der Waals surface area contributed by atoms with Gasteiger partial charge in [-0.15, -0.1) is 0 Å². The smallest absolute Gasteiger partial charge is 0.315 e. The van der Waals surface area contributed by atoms with E-state index in [-0.39, 0.29) is 24.0 Å². The Bertz CT molecular complexity index is 609. The van der Waals surface area contributed by atoms with E-state index in [0.717, 1.165) is 24.3 Å². The zero-order valence-electron chi connectivity index (χ0n) is 15.5. The number of benzene rings is 1. The zero-order valence-corrected chi connectivity index (χ0v) is 15.5. The molecule has 0 aromatic heterocycles.